The maximum atomic E-state index is 3.81. The third kappa shape index (κ3) is 3.76. The van der Waals surface area contributed by atoms with E-state index in [4.69, 9.17) is 0 Å². The molecule has 0 radical (unpaired) electrons. The standard InChI is InChI=1S/C18H36N2/c1-6-18(5)14-20(16(12-19-18)15(2)3)13-17(4)10-8-7-9-11-17/h15-16,19H,6-14H2,1-5H3. The molecular weight excluding hydrogens is 244 g/mol. The van der Waals surface area contributed by atoms with E-state index in [2.05, 4.69) is 44.8 Å². The van der Waals surface area contributed by atoms with Crippen molar-refractivity contribution in [2.45, 2.75) is 84.7 Å². The fourth-order valence-corrected chi connectivity index (χ4v) is 4.22. The molecule has 0 aromatic heterocycles. The SMILES string of the molecule is CCC1(C)CN(CC2(C)CCCCC2)C(C(C)C)CN1. The van der Waals surface area contributed by atoms with Gasteiger partial charge in [-0.25, -0.2) is 0 Å². The highest BCUT2D eigenvalue weighted by molar-refractivity contribution is 4.97. The van der Waals surface area contributed by atoms with Crippen molar-refractivity contribution >= 4 is 0 Å². The lowest BCUT2D eigenvalue weighted by Gasteiger charge is -2.51. The molecule has 0 bridgehead atoms. The minimum absolute atomic E-state index is 0.316. The molecule has 1 saturated heterocycles. The fourth-order valence-electron chi connectivity index (χ4n) is 4.22. The van der Waals surface area contributed by atoms with E-state index in [1.54, 1.807) is 0 Å². The van der Waals surface area contributed by atoms with E-state index in [1.807, 2.05) is 0 Å². The van der Waals surface area contributed by atoms with Gasteiger partial charge in [-0.15, -0.1) is 0 Å². The Hall–Kier alpha value is -0.0800. The van der Waals surface area contributed by atoms with Gasteiger partial charge in [0.1, 0.15) is 0 Å². The molecule has 2 unspecified atom stereocenters. The van der Waals surface area contributed by atoms with Gasteiger partial charge in [0.2, 0.25) is 0 Å². The van der Waals surface area contributed by atoms with E-state index in [0.717, 1.165) is 12.5 Å². The van der Waals surface area contributed by atoms with Crippen molar-refractivity contribution in [3.8, 4) is 0 Å². The van der Waals surface area contributed by atoms with Crippen LogP contribution in [0.15, 0.2) is 0 Å². The maximum absolute atomic E-state index is 3.81. The summed E-state index contributed by atoms with van der Waals surface area (Å²) in [6.45, 7) is 15.7. The highest BCUT2D eigenvalue weighted by atomic mass is 15.3. The second kappa shape index (κ2) is 6.36. The molecule has 2 aliphatic rings. The van der Waals surface area contributed by atoms with Crippen LogP contribution in [0.5, 0.6) is 0 Å². The fraction of sp³-hybridized carbons (Fsp3) is 1.00. The van der Waals surface area contributed by atoms with Gasteiger partial charge in [-0.3, -0.25) is 4.90 Å². The molecular formula is C18H36N2. The van der Waals surface area contributed by atoms with Crippen molar-refractivity contribution < 1.29 is 0 Å². The van der Waals surface area contributed by atoms with Crippen molar-refractivity contribution in [3.63, 3.8) is 0 Å². The van der Waals surface area contributed by atoms with Crippen molar-refractivity contribution in [2.24, 2.45) is 11.3 Å². The molecule has 1 aliphatic carbocycles. The van der Waals surface area contributed by atoms with E-state index < -0.39 is 0 Å². The van der Waals surface area contributed by atoms with Gasteiger partial charge in [0, 0.05) is 31.2 Å². The Bertz CT molecular complexity index is 307. The van der Waals surface area contributed by atoms with Crippen molar-refractivity contribution in [2.75, 3.05) is 19.6 Å². The van der Waals surface area contributed by atoms with Crippen molar-refractivity contribution in [3.05, 3.63) is 0 Å². The first-order valence-corrected chi connectivity index (χ1v) is 8.87. The Morgan fingerprint density at radius 2 is 1.80 bits per heavy atom. The summed E-state index contributed by atoms with van der Waals surface area (Å²) in [4.78, 5) is 2.83. The maximum Gasteiger partial charge on any atom is 0.0278 e. The normalized spacial score (nSPS) is 35.4. The van der Waals surface area contributed by atoms with E-state index in [9.17, 15) is 0 Å². The van der Waals surface area contributed by atoms with Gasteiger partial charge in [-0.1, -0.05) is 47.0 Å². The molecule has 1 N–H and O–H groups in total. The number of hydrogen-bond donors (Lipinski definition) is 1. The van der Waals surface area contributed by atoms with Crippen LogP contribution in [0.4, 0.5) is 0 Å². The van der Waals surface area contributed by atoms with E-state index in [-0.39, 0.29) is 0 Å². The van der Waals surface area contributed by atoms with Gasteiger partial charge in [0.25, 0.3) is 0 Å². The topological polar surface area (TPSA) is 15.3 Å². The monoisotopic (exact) mass is 280 g/mol. The quantitative estimate of drug-likeness (QED) is 0.835. The van der Waals surface area contributed by atoms with Crippen LogP contribution in [-0.4, -0.2) is 36.1 Å². The average molecular weight is 280 g/mol. The van der Waals surface area contributed by atoms with Crippen LogP contribution < -0.4 is 5.32 Å². The minimum atomic E-state index is 0.316. The summed E-state index contributed by atoms with van der Waals surface area (Å²) in [6.07, 6.45) is 8.44. The van der Waals surface area contributed by atoms with Gasteiger partial charge in [0.15, 0.2) is 0 Å². The van der Waals surface area contributed by atoms with Gasteiger partial charge in [-0.2, -0.15) is 0 Å². The van der Waals surface area contributed by atoms with Crippen molar-refractivity contribution in [1.29, 1.82) is 0 Å². The van der Waals surface area contributed by atoms with Crippen LogP contribution in [0.2, 0.25) is 0 Å². The summed E-state index contributed by atoms with van der Waals surface area (Å²) in [5.74, 6) is 0.746. The first kappa shape index (κ1) is 16.3. The van der Waals surface area contributed by atoms with Crippen LogP contribution in [0.3, 0.4) is 0 Å². The van der Waals surface area contributed by atoms with Crippen LogP contribution in [0, 0.1) is 11.3 Å². The molecule has 2 rings (SSSR count). The largest absolute Gasteiger partial charge is 0.309 e. The molecule has 1 saturated carbocycles. The van der Waals surface area contributed by atoms with Crippen LogP contribution >= 0.6 is 0 Å². The summed E-state index contributed by atoms with van der Waals surface area (Å²) in [5.41, 5.74) is 0.883. The summed E-state index contributed by atoms with van der Waals surface area (Å²) in [5, 5.41) is 3.81. The Kier molecular flexibility index (Phi) is 5.18. The van der Waals surface area contributed by atoms with Crippen molar-refractivity contribution in [1.82, 2.24) is 10.2 Å². The van der Waals surface area contributed by atoms with Gasteiger partial charge in [0.05, 0.1) is 0 Å². The lowest BCUT2D eigenvalue weighted by Crippen LogP contribution is -2.65. The predicted octanol–water partition coefficient (Wildman–Crippen LogP) is 4.06. The Labute approximate surface area is 126 Å². The van der Waals surface area contributed by atoms with E-state index >= 15 is 0 Å². The van der Waals surface area contributed by atoms with Crippen LogP contribution in [0.1, 0.15) is 73.1 Å². The zero-order valence-corrected chi connectivity index (χ0v) is 14.5. The highest BCUT2D eigenvalue weighted by Gasteiger charge is 2.39. The third-order valence-corrected chi connectivity index (χ3v) is 5.95. The van der Waals surface area contributed by atoms with E-state index in [1.165, 1.54) is 51.6 Å². The van der Waals surface area contributed by atoms with Gasteiger partial charge in [-0.05, 0) is 37.5 Å². The summed E-state index contributed by atoms with van der Waals surface area (Å²) >= 11 is 0. The number of nitrogens with zero attached hydrogens (tertiary/aromatic N) is 1. The first-order valence-electron chi connectivity index (χ1n) is 8.87. The molecule has 0 spiro atoms. The number of rotatable bonds is 4. The molecule has 1 heterocycles. The molecule has 0 amide bonds. The molecule has 0 aromatic rings. The van der Waals surface area contributed by atoms with E-state index in [0.29, 0.717) is 17.0 Å². The summed E-state index contributed by atoms with van der Waals surface area (Å²) < 4.78 is 0. The highest BCUT2D eigenvalue weighted by Crippen LogP contribution is 2.38. The van der Waals surface area contributed by atoms with Crippen LogP contribution in [0.25, 0.3) is 0 Å². The van der Waals surface area contributed by atoms with Gasteiger partial charge >= 0.3 is 0 Å². The molecule has 20 heavy (non-hydrogen) atoms. The zero-order chi connectivity index (χ0) is 14.8. The summed E-state index contributed by atoms with van der Waals surface area (Å²) in [6, 6.07) is 0.716. The molecule has 2 heteroatoms. The molecule has 2 nitrogen and oxygen atoms in total. The number of nitrogens with one attached hydrogen (secondary N) is 1. The van der Waals surface area contributed by atoms with Crippen LogP contribution in [-0.2, 0) is 0 Å². The Balaban J connectivity index is 2.06. The molecule has 118 valence electrons. The average Bonchev–Trinajstić information content (AvgIpc) is 2.39. The minimum Gasteiger partial charge on any atom is -0.309 e. The lowest BCUT2D eigenvalue weighted by molar-refractivity contribution is 0.0157. The second-order valence-electron chi connectivity index (χ2n) is 8.38. The molecule has 2 fully saturated rings. The third-order valence-electron chi connectivity index (χ3n) is 5.95. The zero-order valence-electron chi connectivity index (χ0n) is 14.5. The number of hydrogen-bond acceptors (Lipinski definition) is 2. The Morgan fingerprint density at radius 3 is 2.35 bits per heavy atom. The smallest absolute Gasteiger partial charge is 0.0278 e. The second-order valence-corrected chi connectivity index (χ2v) is 8.38. The lowest BCUT2D eigenvalue weighted by atomic mass is 9.74. The summed E-state index contributed by atoms with van der Waals surface area (Å²) in [7, 11) is 0. The molecule has 2 atom stereocenters. The number of piperazine rings is 1. The first-order chi connectivity index (χ1) is 9.37. The molecule has 1 aliphatic heterocycles. The van der Waals surface area contributed by atoms with Gasteiger partial charge < -0.3 is 5.32 Å². The predicted molar refractivity (Wildman–Crippen MR) is 88.1 cm³/mol. The molecule has 0 aromatic carbocycles. The Morgan fingerprint density at radius 1 is 1.15 bits per heavy atom.